The molecule has 0 saturated heterocycles. The molecule has 0 N–H and O–H groups in total. The lowest BCUT2D eigenvalue weighted by Gasteiger charge is -2.01. The minimum Gasteiger partial charge on any atom is -0.245 e. The summed E-state index contributed by atoms with van der Waals surface area (Å²) in [4.78, 5) is 8.10. The highest BCUT2D eigenvalue weighted by Gasteiger charge is 1.96. The molecule has 80 valence electrons. The molecule has 2 aromatic rings. The quantitative estimate of drug-likeness (QED) is 0.775. The molecule has 0 aliphatic carbocycles. The molecule has 0 aliphatic heterocycles. The summed E-state index contributed by atoms with van der Waals surface area (Å²) < 4.78 is 0. The third-order valence-corrected chi connectivity index (χ3v) is 2.53. The van der Waals surface area contributed by atoms with E-state index < -0.39 is 0 Å². The van der Waals surface area contributed by atoms with Gasteiger partial charge in [-0.15, -0.1) is 0 Å². The first-order valence-corrected chi connectivity index (χ1v) is 5.35. The lowest BCUT2D eigenvalue weighted by molar-refractivity contribution is 0.900. The molecule has 0 aliphatic rings. The highest BCUT2D eigenvalue weighted by atomic mass is 14.8. The van der Waals surface area contributed by atoms with E-state index in [4.69, 9.17) is 0 Å². The Morgan fingerprint density at radius 1 is 1.06 bits per heavy atom. The number of benzene rings is 1. The largest absolute Gasteiger partial charge is 0.245 e. The van der Waals surface area contributed by atoms with E-state index in [1.165, 1.54) is 5.56 Å². The van der Waals surface area contributed by atoms with E-state index in [1.54, 1.807) is 12.5 Å². The first kappa shape index (κ1) is 10.6. The summed E-state index contributed by atoms with van der Waals surface area (Å²) in [6.07, 6.45) is 7.19. The summed E-state index contributed by atoms with van der Waals surface area (Å²) in [5, 5.41) is 0. The van der Waals surface area contributed by atoms with Gasteiger partial charge < -0.3 is 0 Å². The zero-order valence-electron chi connectivity index (χ0n) is 9.13. The molecular formula is C14H14N2. The van der Waals surface area contributed by atoms with E-state index in [0.29, 0.717) is 0 Å². The third kappa shape index (κ3) is 2.76. The molecule has 0 spiro atoms. The number of hydrogen-bond donors (Lipinski definition) is 0. The predicted octanol–water partition coefficient (Wildman–Crippen LogP) is 2.90. The van der Waals surface area contributed by atoms with Crippen LogP contribution in [0.1, 0.15) is 16.8 Å². The van der Waals surface area contributed by atoms with Crippen molar-refractivity contribution in [1.82, 2.24) is 9.97 Å². The van der Waals surface area contributed by atoms with Gasteiger partial charge in [0.1, 0.15) is 6.33 Å². The van der Waals surface area contributed by atoms with Gasteiger partial charge in [-0.1, -0.05) is 36.9 Å². The fraction of sp³-hybridized carbons (Fsp3) is 0.143. The maximum atomic E-state index is 4.20. The summed E-state index contributed by atoms with van der Waals surface area (Å²) in [6, 6.07) is 10.4. The highest BCUT2D eigenvalue weighted by Crippen LogP contribution is 2.08. The molecule has 0 amide bonds. The first-order chi connectivity index (χ1) is 7.88. The Hall–Kier alpha value is -1.96. The molecule has 0 atom stereocenters. The standard InChI is InChI=1S/C14H14N2/c1-2-12-3-5-13(6-4-12)7-8-14-9-10-15-11-16-14/h2-6,9-11H,1,7-8H2. The summed E-state index contributed by atoms with van der Waals surface area (Å²) in [6.45, 7) is 3.74. The van der Waals surface area contributed by atoms with Crippen molar-refractivity contribution < 1.29 is 0 Å². The summed E-state index contributed by atoms with van der Waals surface area (Å²) in [5.74, 6) is 0. The zero-order chi connectivity index (χ0) is 11.2. The second-order valence-corrected chi connectivity index (χ2v) is 3.65. The summed E-state index contributed by atoms with van der Waals surface area (Å²) in [7, 11) is 0. The van der Waals surface area contributed by atoms with Gasteiger partial charge in [-0.05, 0) is 30.0 Å². The number of rotatable bonds is 4. The smallest absolute Gasteiger partial charge is 0.115 e. The third-order valence-electron chi connectivity index (χ3n) is 2.53. The van der Waals surface area contributed by atoms with Crippen LogP contribution in [0.2, 0.25) is 0 Å². The maximum Gasteiger partial charge on any atom is 0.115 e. The molecule has 1 heterocycles. The molecular weight excluding hydrogens is 196 g/mol. The summed E-state index contributed by atoms with van der Waals surface area (Å²) >= 11 is 0. The van der Waals surface area contributed by atoms with Crippen LogP contribution < -0.4 is 0 Å². The van der Waals surface area contributed by atoms with Gasteiger partial charge in [0, 0.05) is 11.9 Å². The first-order valence-electron chi connectivity index (χ1n) is 5.35. The average Bonchev–Trinajstić information content (AvgIpc) is 2.38. The minimum atomic E-state index is 0.954. The van der Waals surface area contributed by atoms with Crippen LogP contribution in [0.3, 0.4) is 0 Å². The van der Waals surface area contributed by atoms with Crippen LogP contribution in [0.4, 0.5) is 0 Å². The van der Waals surface area contributed by atoms with Crippen LogP contribution in [0.5, 0.6) is 0 Å². The van der Waals surface area contributed by atoms with Crippen molar-refractivity contribution in [2.24, 2.45) is 0 Å². The van der Waals surface area contributed by atoms with Gasteiger partial charge >= 0.3 is 0 Å². The van der Waals surface area contributed by atoms with Crippen LogP contribution in [-0.2, 0) is 12.8 Å². The number of aryl methyl sites for hydroxylation is 2. The van der Waals surface area contributed by atoms with E-state index in [-0.39, 0.29) is 0 Å². The van der Waals surface area contributed by atoms with E-state index in [1.807, 2.05) is 12.1 Å². The molecule has 1 aromatic heterocycles. The topological polar surface area (TPSA) is 25.8 Å². The van der Waals surface area contributed by atoms with Gasteiger partial charge in [-0.3, -0.25) is 0 Å². The van der Waals surface area contributed by atoms with Crippen molar-refractivity contribution in [1.29, 1.82) is 0 Å². The average molecular weight is 210 g/mol. The maximum absolute atomic E-state index is 4.20. The van der Waals surface area contributed by atoms with Crippen molar-refractivity contribution in [3.8, 4) is 0 Å². The van der Waals surface area contributed by atoms with Crippen LogP contribution in [-0.4, -0.2) is 9.97 Å². The van der Waals surface area contributed by atoms with Crippen LogP contribution in [0, 0.1) is 0 Å². The van der Waals surface area contributed by atoms with E-state index in [9.17, 15) is 0 Å². The van der Waals surface area contributed by atoms with E-state index >= 15 is 0 Å². The van der Waals surface area contributed by atoms with E-state index in [0.717, 1.165) is 24.1 Å². The number of hydrogen-bond acceptors (Lipinski definition) is 2. The number of aromatic nitrogens is 2. The normalized spacial score (nSPS) is 10.0. The molecule has 0 saturated carbocycles. The Bertz CT molecular complexity index is 446. The Balaban J connectivity index is 1.97. The Kier molecular flexibility index (Phi) is 3.44. The Morgan fingerprint density at radius 2 is 1.88 bits per heavy atom. The van der Waals surface area contributed by atoms with Gasteiger partial charge in [0.05, 0.1) is 0 Å². The Labute approximate surface area is 95.7 Å². The molecule has 1 aromatic carbocycles. The fourth-order valence-corrected chi connectivity index (χ4v) is 1.56. The van der Waals surface area contributed by atoms with Crippen molar-refractivity contribution in [2.75, 3.05) is 0 Å². The second-order valence-electron chi connectivity index (χ2n) is 3.65. The number of nitrogens with zero attached hydrogens (tertiary/aromatic N) is 2. The molecule has 0 fully saturated rings. The van der Waals surface area contributed by atoms with Crippen LogP contribution >= 0.6 is 0 Å². The van der Waals surface area contributed by atoms with Crippen molar-refractivity contribution in [3.05, 3.63) is 66.3 Å². The van der Waals surface area contributed by atoms with Gasteiger partial charge in [0.25, 0.3) is 0 Å². The van der Waals surface area contributed by atoms with Crippen molar-refractivity contribution in [2.45, 2.75) is 12.8 Å². The molecule has 16 heavy (non-hydrogen) atoms. The van der Waals surface area contributed by atoms with Gasteiger partial charge in [0.15, 0.2) is 0 Å². The van der Waals surface area contributed by atoms with E-state index in [2.05, 4.69) is 40.8 Å². The van der Waals surface area contributed by atoms with Crippen LogP contribution in [0.25, 0.3) is 6.08 Å². The molecule has 0 radical (unpaired) electrons. The molecule has 2 heteroatoms. The zero-order valence-corrected chi connectivity index (χ0v) is 9.13. The highest BCUT2D eigenvalue weighted by molar-refractivity contribution is 5.47. The molecule has 2 rings (SSSR count). The summed E-state index contributed by atoms with van der Waals surface area (Å²) in [5.41, 5.74) is 3.57. The molecule has 0 bridgehead atoms. The fourth-order valence-electron chi connectivity index (χ4n) is 1.56. The SMILES string of the molecule is C=Cc1ccc(CCc2ccncn2)cc1. The van der Waals surface area contributed by atoms with Crippen molar-refractivity contribution in [3.63, 3.8) is 0 Å². The monoisotopic (exact) mass is 210 g/mol. The Morgan fingerprint density at radius 3 is 2.50 bits per heavy atom. The molecule has 2 nitrogen and oxygen atoms in total. The van der Waals surface area contributed by atoms with Crippen molar-refractivity contribution >= 4 is 6.08 Å². The molecule has 0 unspecified atom stereocenters. The van der Waals surface area contributed by atoms with Gasteiger partial charge in [0.2, 0.25) is 0 Å². The van der Waals surface area contributed by atoms with Crippen LogP contribution in [0.15, 0.2) is 49.4 Å². The predicted molar refractivity (Wildman–Crippen MR) is 66.0 cm³/mol. The lowest BCUT2D eigenvalue weighted by atomic mass is 10.1. The minimum absolute atomic E-state index is 0.954. The second kappa shape index (κ2) is 5.21. The lowest BCUT2D eigenvalue weighted by Crippen LogP contribution is -1.94. The van der Waals surface area contributed by atoms with Gasteiger partial charge in [-0.25, -0.2) is 9.97 Å². The van der Waals surface area contributed by atoms with Gasteiger partial charge in [-0.2, -0.15) is 0 Å².